The molecule has 0 aliphatic carbocycles. The monoisotopic (exact) mass is 251 g/mol. The van der Waals surface area contributed by atoms with Gasteiger partial charge in [-0.2, -0.15) is 0 Å². The molecular weight excluding hydrogens is 230 g/mol. The molecule has 0 radical (unpaired) electrons. The molecule has 0 amide bonds. The number of hydrogen-bond acceptors (Lipinski definition) is 5. The SMILES string of the molecule is COCc1cc(N2CC(C)(C)[C@](C)(O)C2)ncn1. The third-order valence-corrected chi connectivity index (χ3v) is 3.87. The minimum Gasteiger partial charge on any atom is -0.388 e. The van der Waals surface area contributed by atoms with E-state index < -0.39 is 5.60 Å². The number of ether oxygens (including phenoxy) is 1. The number of anilines is 1. The van der Waals surface area contributed by atoms with Crippen LogP contribution in [0.3, 0.4) is 0 Å². The van der Waals surface area contributed by atoms with Gasteiger partial charge in [0.1, 0.15) is 12.1 Å². The molecule has 2 rings (SSSR count). The lowest BCUT2D eigenvalue weighted by atomic mass is 9.79. The molecule has 18 heavy (non-hydrogen) atoms. The molecule has 1 aliphatic rings. The van der Waals surface area contributed by atoms with E-state index in [1.807, 2.05) is 13.0 Å². The predicted octanol–water partition coefficient (Wildman–Crippen LogP) is 1.22. The maximum atomic E-state index is 10.4. The van der Waals surface area contributed by atoms with Crippen LogP contribution in [0.2, 0.25) is 0 Å². The van der Waals surface area contributed by atoms with E-state index in [0.29, 0.717) is 13.2 Å². The molecule has 0 unspecified atom stereocenters. The van der Waals surface area contributed by atoms with Crippen LogP contribution in [0, 0.1) is 5.41 Å². The zero-order valence-electron chi connectivity index (χ0n) is 11.5. The number of hydrogen-bond donors (Lipinski definition) is 1. The van der Waals surface area contributed by atoms with Gasteiger partial charge in [-0.3, -0.25) is 0 Å². The average Bonchev–Trinajstić information content (AvgIpc) is 2.49. The highest BCUT2D eigenvalue weighted by molar-refractivity contribution is 5.42. The standard InChI is InChI=1S/C13H21N3O2/c1-12(2)7-16(8-13(12,3)17)11-5-10(6-18-4)14-9-15-11/h5,9,17H,6-8H2,1-4H3/t13-/m1/s1. The Labute approximate surface area is 108 Å². The molecule has 0 saturated carbocycles. The molecule has 2 heterocycles. The molecule has 5 nitrogen and oxygen atoms in total. The van der Waals surface area contributed by atoms with Crippen LogP contribution in [0.4, 0.5) is 5.82 Å². The van der Waals surface area contributed by atoms with E-state index in [-0.39, 0.29) is 5.41 Å². The molecule has 5 heteroatoms. The van der Waals surface area contributed by atoms with Crippen molar-refractivity contribution in [1.29, 1.82) is 0 Å². The molecule has 1 atom stereocenters. The van der Waals surface area contributed by atoms with E-state index in [1.54, 1.807) is 13.4 Å². The maximum Gasteiger partial charge on any atom is 0.132 e. The Hall–Kier alpha value is -1.20. The molecule has 1 aromatic rings. The summed E-state index contributed by atoms with van der Waals surface area (Å²) in [6.07, 6.45) is 1.55. The summed E-state index contributed by atoms with van der Waals surface area (Å²) in [5.74, 6) is 0.850. The van der Waals surface area contributed by atoms with Crippen LogP contribution in [0.1, 0.15) is 26.5 Å². The van der Waals surface area contributed by atoms with Gasteiger partial charge in [0.15, 0.2) is 0 Å². The van der Waals surface area contributed by atoms with Gasteiger partial charge in [-0.15, -0.1) is 0 Å². The summed E-state index contributed by atoms with van der Waals surface area (Å²) in [4.78, 5) is 10.5. The van der Waals surface area contributed by atoms with Gasteiger partial charge in [0, 0.05) is 31.7 Å². The fourth-order valence-corrected chi connectivity index (χ4v) is 2.24. The van der Waals surface area contributed by atoms with Crippen LogP contribution in [0.15, 0.2) is 12.4 Å². The Balaban J connectivity index is 2.21. The second-order valence-corrected chi connectivity index (χ2v) is 5.81. The predicted molar refractivity (Wildman–Crippen MR) is 69.4 cm³/mol. The lowest BCUT2D eigenvalue weighted by Gasteiger charge is -2.30. The topological polar surface area (TPSA) is 58.5 Å². The third kappa shape index (κ3) is 2.33. The summed E-state index contributed by atoms with van der Waals surface area (Å²) in [5, 5.41) is 10.4. The van der Waals surface area contributed by atoms with Gasteiger partial charge in [0.05, 0.1) is 17.9 Å². The Kier molecular flexibility index (Phi) is 3.29. The zero-order valence-corrected chi connectivity index (χ0v) is 11.5. The van der Waals surface area contributed by atoms with E-state index in [0.717, 1.165) is 18.1 Å². The molecule has 1 aromatic heterocycles. The molecule has 1 fully saturated rings. The van der Waals surface area contributed by atoms with Crippen LogP contribution >= 0.6 is 0 Å². The quantitative estimate of drug-likeness (QED) is 0.875. The summed E-state index contributed by atoms with van der Waals surface area (Å²) >= 11 is 0. The lowest BCUT2D eigenvalue weighted by molar-refractivity contribution is -0.00891. The van der Waals surface area contributed by atoms with Crippen molar-refractivity contribution >= 4 is 5.82 Å². The van der Waals surface area contributed by atoms with Crippen molar-refractivity contribution in [2.45, 2.75) is 33.0 Å². The van der Waals surface area contributed by atoms with Crippen LogP contribution in [0.5, 0.6) is 0 Å². The van der Waals surface area contributed by atoms with E-state index in [2.05, 4.69) is 28.7 Å². The maximum absolute atomic E-state index is 10.4. The Morgan fingerprint density at radius 1 is 1.33 bits per heavy atom. The number of nitrogens with zero attached hydrogens (tertiary/aromatic N) is 3. The highest BCUT2D eigenvalue weighted by atomic mass is 16.5. The first kappa shape index (κ1) is 13.2. The lowest BCUT2D eigenvalue weighted by Crippen LogP contribution is -2.40. The van der Waals surface area contributed by atoms with Crippen LogP contribution in [0.25, 0.3) is 0 Å². The first-order chi connectivity index (χ1) is 8.36. The highest BCUT2D eigenvalue weighted by Crippen LogP contribution is 2.39. The molecule has 1 aliphatic heterocycles. The van der Waals surface area contributed by atoms with E-state index in [9.17, 15) is 5.11 Å². The summed E-state index contributed by atoms with van der Waals surface area (Å²) < 4.78 is 5.07. The van der Waals surface area contributed by atoms with Gasteiger partial charge in [-0.05, 0) is 6.92 Å². The smallest absolute Gasteiger partial charge is 0.132 e. The van der Waals surface area contributed by atoms with Crippen molar-refractivity contribution < 1.29 is 9.84 Å². The molecule has 0 bridgehead atoms. The van der Waals surface area contributed by atoms with Crippen LogP contribution in [-0.2, 0) is 11.3 Å². The molecular formula is C13H21N3O2. The van der Waals surface area contributed by atoms with Gasteiger partial charge in [-0.1, -0.05) is 13.8 Å². The minimum absolute atomic E-state index is 0.153. The number of aromatic nitrogens is 2. The summed E-state index contributed by atoms with van der Waals surface area (Å²) in [6, 6.07) is 1.92. The van der Waals surface area contributed by atoms with Crippen molar-refractivity contribution in [3.63, 3.8) is 0 Å². The fourth-order valence-electron chi connectivity index (χ4n) is 2.24. The van der Waals surface area contributed by atoms with Gasteiger partial charge < -0.3 is 14.7 Å². The van der Waals surface area contributed by atoms with Gasteiger partial charge in [-0.25, -0.2) is 9.97 Å². The molecule has 100 valence electrons. The van der Waals surface area contributed by atoms with Crippen LogP contribution < -0.4 is 4.90 Å². The Bertz CT molecular complexity index is 416. The number of aliphatic hydroxyl groups is 1. The van der Waals surface area contributed by atoms with Crippen molar-refractivity contribution in [3.8, 4) is 0 Å². The fraction of sp³-hybridized carbons (Fsp3) is 0.692. The average molecular weight is 251 g/mol. The van der Waals surface area contributed by atoms with Gasteiger partial charge >= 0.3 is 0 Å². The first-order valence-corrected chi connectivity index (χ1v) is 6.13. The minimum atomic E-state index is -0.709. The Morgan fingerprint density at radius 2 is 2.06 bits per heavy atom. The van der Waals surface area contributed by atoms with E-state index >= 15 is 0 Å². The number of β-amino-alcohol motifs (C(OH)–C–C–N with tert-alkyl or cyclic N) is 1. The molecule has 0 spiro atoms. The highest BCUT2D eigenvalue weighted by Gasteiger charge is 2.48. The summed E-state index contributed by atoms with van der Waals surface area (Å²) in [6.45, 7) is 7.87. The normalized spacial score (nSPS) is 26.6. The largest absolute Gasteiger partial charge is 0.388 e. The van der Waals surface area contributed by atoms with Gasteiger partial charge in [0.25, 0.3) is 0 Å². The van der Waals surface area contributed by atoms with Crippen molar-refractivity contribution in [2.75, 3.05) is 25.1 Å². The van der Waals surface area contributed by atoms with Crippen molar-refractivity contribution in [1.82, 2.24) is 9.97 Å². The van der Waals surface area contributed by atoms with E-state index in [1.165, 1.54) is 0 Å². The number of rotatable bonds is 3. The third-order valence-electron chi connectivity index (χ3n) is 3.87. The summed E-state index contributed by atoms with van der Waals surface area (Å²) in [5.41, 5.74) is -0.00880. The zero-order chi connectivity index (χ0) is 13.4. The van der Waals surface area contributed by atoms with Crippen LogP contribution in [-0.4, -0.2) is 40.9 Å². The van der Waals surface area contributed by atoms with Crippen molar-refractivity contribution in [3.05, 3.63) is 18.1 Å². The Morgan fingerprint density at radius 3 is 2.61 bits per heavy atom. The molecule has 1 saturated heterocycles. The second kappa shape index (κ2) is 4.48. The second-order valence-electron chi connectivity index (χ2n) is 5.81. The van der Waals surface area contributed by atoms with E-state index in [4.69, 9.17) is 4.74 Å². The number of methoxy groups -OCH3 is 1. The van der Waals surface area contributed by atoms with Gasteiger partial charge in [0.2, 0.25) is 0 Å². The summed E-state index contributed by atoms with van der Waals surface area (Å²) in [7, 11) is 1.64. The molecule has 0 aromatic carbocycles. The van der Waals surface area contributed by atoms with Crippen molar-refractivity contribution in [2.24, 2.45) is 5.41 Å². The molecule has 1 N–H and O–H groups in total. The first-order valence-electron chi connectivity index (χ1n) is 6.13.